The molecule has 0 aromatic carbocycles. The van der Waals surface area contributed by atoms with E-state index >= 15 is 0 Å². The van der Waals surface area contributed by atoms with Gasteiger partial charge in [0.1, 0.15) is 0 Å². The van der Waals surface area contributed by atoms with Crippen molar-refractivity contribution >= 4 is 17.6 Å². The maximum atomic E-state index is 11.8. The van der Waals surface area contributed by atoms with Gasteiger partial charge in [0, 0.05) is 19.2 Å². The molecule has 2 rings (SSSR count). The summed E-state index contributed by atoms with van der Waals surface area (Å²) in [6.45, 7) is 3.95. The topological polar surface area (TPSA) is 70.5 Å². The van der Waals surface area contributed by atoms with Crippen molar-refractivity contribution in [2.24, 2.45) is 5.92 Å². The van der Waals surface area contributed by atoms with E-state index in [9.17, 15) is 9.59 Å². The molecule has 1 unspecified atom stereocenters. The molecule has 1 aliphatic heterocycles. The van der Waals surface area contributed by atoms with Crippen LogP contribution in [0, 0.1) is 19.8 Å². The molecule has 1 fully saturated rings. The highest BCUT2D eigenvalue weighted by molar-refractivity contribution is 6.00. The van der Waals surface area contributed by atoms with Crippen LogP contribution in [0.25, 0.3) is 0 Å². The summed E-state index contributed by atoms with van der Waals surface area (Å²) in [5, 5.41) is 8.94. The summed E-state index contributed by atoms with van der Waals surface area (Å²) in [5.74, 6) is -1.67. The van der Waals surface area contributed by atoms with Crippen LogP contribution >= 0.6 is 0 Å². The normalized spacial score (nSPS) is 19.8. The van der Waals surface area contributed by atoms with E-state index in [1.165, 1.54) is 4.90 Å². The van der Waals surface area contributed by atoms with Crippen LogP contribution in [0.15, 0.2) is 12.3 Å². The van der Waals surface area contributed by atoms with Crippen molar-refractivity contribution in [3.05, 3.63) is 23.5 Å². The minimum Gasteiger partial charge on any atom is -0.481 e. The number of pyridine rings is 1. The fourth-order valence-corrected chi connectivity index (χ4v) is 2.18. The molecule has 2 heterocycles. The summed E-state index contributed by atoms with van der Waals surface area (Å²) in [6.07, 6.45) is 1.76. The zero-order chi connectivity index (χ0) is 12.6. The molecule has 0 spiro atoms. The van der Waals surface area contributed by atoms with Gasteiger partial charge >= 0.3 is 5.97 Å². The predicted octanol–water partition coefficient (Wildman–Crippen LogP) is 1.14. The van der Waals surface area contributed by atoms with Gasteiger partial charge in [-0.15, -0.1) is 0 Å². The average Bonchev–Trinajstić information content (AvgIpc) is 2.61. The lowest BCUT2D eigenvalue weighted by atomic mass is 10.1. The van der Waals surface area contributed by atoms with Gasteiger partial charge in [-0.1, -0.05) is 0 Å². The lowest BCUT2D eigenvalue weighted by molar-refractivity contribution is -0.141. The smallest absolute Gasteiger partial charge is 0.308 e. The number of anilines is 1. The number of aromatic nitrogens is 1. The Kier molecular flexibility index (Phi) is 2.83. The Bertz CT molecular complexity index is 464. The number of hydrogen-bond acceptors (Lipinski definition) is 3. The van der Waals surface area contributed by atoms with Gasteiger partial charge in [-0.25, -0.2) is 0 Å². The SMILES string of the molecule is Cc1ccnc(C)c1N1CC(C(=O)O)CC1=O. The first-order valence-corrected chi connectivity index (χ1v) is 5.46. The standard InChI is InChI=1S/C12H14N2O3/c1-7-3-4-13-8(2)11(7)14-6-9(12(16)17)5-10(14)15/h3-4,9H,5-6H2,1-2H3,(H,16,17). The second-order valence-electron chi connectivity index (χ2n) is 4.31. The molecule has 1 aromatic rings. The highest BCUT2D eigenvalue weighted by Gasteiger charge is 2.36. The molecule has 1 amide bonds. The molecule has 0 radical (unpaired) electrons. The average molecular weight is 234 g/mol. The molecule has 1 aromatic heterocycles. The van der Waals surface area contributed by atoms with E-state index in [1.54, 1.807) is 6.20 Å². The van der Waals surface area contributed by atoms with Crippen LogP contribution in [0.1, 0.15) is 17.7 Å². The number of amides is 1. The Balaban J connectivity index is 2.35. The van der Waals surface area contributed by atoms with Gasteiger partial charge in [0.15, 0.2) is 0 Å². The quantitative estimate of drug-likeness (QED) is 0.832. The van der Waals surface area contributed by atoms with Crippen LogP contribution in [-0.4, -0.2) is 28.5 Å². The maximum absolute atomic E-state index is 11.8. The lowest BCUT2D eigenvalue weighted by Crippen LogP contribution is -2.27. The Labute approximate surface area is 99.1 Å². The molecule has 0 bridgehead atoms. The van der Waals surface area contributed by atoms with Gasteiger partial charge < -0.3 is 10.0 Å². The van der Waals surface area contributed by atoms with Gasteiger partial charge in [0.25, 0.3) is 0 Å². The van der Waals surface area contributed by atoms with Gasteiger partial charge in [0.2, 0.25) is 5.91 Å². The maximum Gasteiger partial charge on any atom is 0.308 e. The Hall–Kier alpha value is -1.91. The van der Waals surface area contributed by atoms with E-state index < -0.39 is 11.9 Å². The molecule has 0 saturated carbocycles. The molecule has 5 nitrogen and oxygen atoms in total. The lowest BCUT2D eigenvalue weighted by Gasteiger charge is -2.20. The molecular formula is C12H14N2O3. The zero-order valence-corrected chi connectivity index (χ0v) is 9.80. The van der Waals surface area contributed by atoms with Crippen molar-refractivity contribution in [1.29, 1.82) is 0 Å². The fraction of sp³-hybridized carbons (Fsp3) is 0.417. The fourth-order valence-electron chi connectivity index (χ4n) is 2.18. The minimum absolute atomic E-state index is 0.0725. The molecule has 1 saturated heterocycles. The summed E-state index contributed by atoms with van der Waals surface area (Å²) in [7, 11) is 0. The van der Waals surface area contributed by atoms with Crippen LogP contribution in [0.5, 0.6) is 0 Å². The van der Waals surface area contributed by atoms with Gasteiger partial charge in [-0.05, 0) is 25.5 Å². The van der Waals surface area contributed by atoms with Crippen molar-refractivity contribution in [2.45, 2.75) is 20.3 Å². The molecule has 1 N–H and O–H groups in total. The molecule has 0 aliphatic carbocycles. The highest BCUT2D eigenvalue weighted by atomic mass is 16.4. The number of carbonyl (C=O) groups is 2. The van der Waals surface area contributed by atoms with E-state index in [0.29, 0.717) is 0 Å². The summed E-state index contributed by atoms with van der Waals surface area (Å²) in [6, 6.07) is 1.82. The summed E-state index contributed by atoms with van der Waals surface area (Å²) in [4.78, 5) is 28.4. The second kappa shape index (κ2) is 4.16. The van der Waals surface area contributed by atoms with E-state index in [2.05, 4.69) is 4.98 Å². The van der Waals surface area contributed by atoms with E-state index in [-0.39, 0.29) is 18.9 Å². The third-order valence-electron chi connectivity index (χ3n) is 3.05. The monoisotopic (exact) mass is 234 g/mol. The predicted molar refractivity (Wildman–Crippen MR) is 61.8 cm³/mol. The van der Waals surface area contributed by atoms with Gasteiger partial charge in [0.05, 0.1) is 17.3 Å². The van der Waals surface area contributed by atoms with Gasteiger partial charge in [-0.2, -0.15) is 0 Å². The van der Waals surface area contributed by atoms with Crippen LogP contribution in [-0.2, 0) is 9.59 Å². The van der Waals surface area contributed by atoms with Crippen LogP contribution in [0.3, 0.4) is 0 Å². The van der Waals surface area contributed by atoms with Crippen LogP contribution < -0.4 is 4.90 Å². The Morgan fingerprint density at radius 3 is 2.76 bits per heavy atom. The van der Waals surface area contributed by atoms with Crippen molar-refractivity contribution in [3.8, 4) is 0 Å². The van der Waals surface area contributed by atoms with Crippen molar-refractivity contribution in [2.75, 3.05) is 11.4 Å². The molecule has 17 heavy (non-hydrogen) atoms. The Morgan fingerprint density at radius 1 is 1.53 bits per heavy atom. The largest absolute Gasteiger partial charge is 0.481 e. The molecule has 1 atom stereocenters. The third kappa shape index (κ3) is 2.00. The molecule has 90 valence electrons. The van der Waals surface area contributed by atoms with Crippen LogP contribution in [0.2, 0.25) is 0 Å². The number of carboxylic acids is 1. The number of hydrogen-bond donors (Lipinski definition) is 1. The summed E-state index contributed by atoms with van der Waals surface area (Å²) < 4.78 is 0. The molecule has 5 heteroatoms. The van der Waals surface area contributed by atoms with Crippen molar-refractivity contribution in [3.63, 3.8) is 0 Å². The van der Waals surface area contributed by atoms with E-state index in [4.69, 9.17) is 5.11 Å². The first-order valence-electron chi connectivity index (χ1n) is 5.46. The third-order valence-corrected chi connectivity index (χ3v) is 3.05. The molecule has 1 aliphatic rings. The highest BCUT2D eigenvalue weighted by Crippen LogP contribution is 2.29. The van der Waals surface area contributed by atoms with E-state index in [1.807, 2.05) is 19.9 Å². The molecular weight excluding hydrogens is 220 g/mol. The summed E-state index contributed by atoms with van der Waals surface area (Å²) in [5.41, 5.74) is 2.45. The van der Waals surface area contributed by atoms with Crippen LogP contribution in [0.4, 0.5) is 5.69 Å². The minimum atomic E-state index is -0.917. The Morgan fingerprint density at radius 2 is 2.24 bits per heavy atom. The second-order valence-corrected chi connectivity index (χ2v) is 4.31. The van der Waals surface area contributed by atoms with Crippen molar-refractivity contribution < 1.29 is 14.7 Å². The number of aryl methyl sites for hydroxylation is 2. The number of nitrogens with zero attached hydrogens (tertiary/aromatic N) is 2. The first kappa shape index (κ1) is 11.6. The zero-order valence-electron chi connectivity index (χ0n) is 9.80. The first-order chi connectivity index (χ1) is 8.00. The number of rotatable bonds is 2. The van der Waals surface area contributed by atoms with Gasteiger partial charge in [-0.3, -0.25) is 14.6 Å². The number of carbonyl (C=O) groups excluding carboxylic acids is 1. The number of aliphatic carboxylic acids is 1. The summed E-state index contributed by atoms with van der Waals surface area (Å²) >= 11 is 0. The van der Waals surface area contributed by atoms with Crippen molar-refractivity contribution in [1.82, 2.24) is 4.98 Å². The van der Waals surface area contributed by atoms with E-state index in [0.717, 1.165) is 16.9 Å². The number of carboxylic acid groups (broad SMARTS) is 1.